The van der Waals surface area contributed by atoms with Crippen LogP contribution in [-0.4, -0.2) is 19.6 Å². The molecular formula is C19H17N3O2S. The SMILES string of the molecule is CC(C)c1nc2cc(O)ccc2c(=O)n1Cc1nc2ccccc2s1. The number of para-hydroxylation sites is 1. The minimum absolute atomic E-state index is 0.0776. The first-order chi connectivity index (χ1) is 12.0. The Hall–Kier alpha value is -2.73. The standard InChI is InChI=1S/C19H17N3O2S/c1-11(2)18-21-15-9-12(23)7-8-13(15)19(24)22(18)10-17-20-14-5-3-4-6-16(14)25-17/h3-9,11,23H,10H2,1-2H3. The first-order valence-electron chi connectivity index (χ1n) is 8.11. The van der Waals surface area contributed by atoms with Crippen molar-refractivity contribution in [3.63, 3.8) is 0 Å². The van der Waals surface area contributed by atoms with Gasteiger partial charge in [0.05, 0.1) is 27.7 Å². The molecule has 2 heterocycles. The van der Waals surface area contributed by atoms with Crippen molar-refractivity contribution in [2.45, 2.75) is 26.3 Å². The third-order valence-corrected chi connectivity index (χ3v) is 5.14. The van der Waals surface area contributed by atoms with Crippen LogP contribution in [0, 0.1) is 0 Å². The van der Waals surface area contributed by atoms with E-state index in [1.165, 1.54) is 12.1 Å². The van der Waals surface area contributed by atoms with Gasteiger partial charge in [-0.2, -0.15) is 0 Å². The molecule has 1 N–H and O–H groups in total. The molecule has 126 valence electrons. The van der Waals surface area contributed by atoms with Gasteiger partial charge in [0, 0.05) is 12.0 Å². The monoisotopic (exact) mass is 351 g/mol. The summed E-state index contributed by atoms with van der Waals surface area (Å²) >= 11 is 1.59. The summed E-state index contributed by atoms with van der Waals surface area (Å²) in [5.41, 5.74) is 1.36. The van der Waals surface area contributed by atoms with Crippen molar-refractivity contribution in [3.05, 3.63) is 63.7 Å². The van der Waals surface area contributed by atoms with Crippen LogP contribution in [0.15, 0.2) is 47.3 Å². The number of rotatable bonds is 3. The Bertz CT molecular complexity index is 1110. The zero-order chi connectivity index (χ0) is 17.6. The number of fused-ring (bicyclic) bond motifs is 2. The predicted octanol–water partition coefficient (Wildman–Crippen LogP) is 3.88. The zero-order valence-electron chi connectivity index (χ0n) is 13.9. The molecule has 2 aromatic heterocycles. The second kappa shape index (κ2) is 5.97. The van der Waals surface area contributed by atoms with Crippen molar-refractivity contribution >= 4 is 32.5 Å². The smallest absolute Gasteiger partial charge is 0.261 e. The fourth-order valence-electron chi connectivity index (χ4n) is 2.94. The van der Waals surface area contributed by atoms with Crippen molar-refractivity contribution in [2.24, 2.45) is 0 Å². The summed E-state index contributed by atoms with van der Waals surface area (Å²) in [6.45, 7) is 4.41. The third kappa shape index (κ3) is 2.78. The van der Waals surface area contributed by atoms with Crippen LogP contribution in [-0.2, 0) is 6.54 Å². The molecule has 0 aliphatic rings. The van der Waals surface area contributed by atoms with Gasteiger partial charge in [-0.3, -0.25) is 9.36 Å². The summed E-state index contributed by atoms with van der Waals surface area (Å²) in [7, 11) is 0. The average molecular weight is 351 g/mol. The second-order valence-corrected chi connectivity index (χ2v) is 7.41. The van der Waals surface area contributed by atoms with E-state index in [-0.39, 0.29) is 17.2 Å². The number of aromatic hydroxyl groups is 1. The Kier molecular flexibility index (Phi) is 3.77. The maximum atomic E-state index is 13.0. The van der Waals surface area contributed by atoms with Gasteiger partial charge >= 0.3 is 0 Å². The lowest BCUT2D eigenvalue weighted by atomic mass is 10.1. The number of nitrogens with zero attached hydrogens (tertiary/aromatic N) is 3. The van der Waals surface area contributed by atoms with E-state index in [0.717, 1.165) is 15.2 Å². The van der Waals surface area contributed by atoms with Crippen LogP contribution in [0.25, 0.3) is 21.1 Å². The highest BCUT2D eigenvalue weighted by molar-refractivity contribution is 7.18. The number of benzene rings is 2. The summed E-state index contributed by atoms with van der Waals surface area (Å²) in [5.74, 6) is 0.884. The van der Waals surface area contributed by atoms with Crippen molar-refractivity contribution in [1.29, 1.82) is 0 Å². The van der Waals surface area contributed by atoms with Gasteiger partial charge in [0.1, 0.15) is 16.6 Å². The van der Waals surface area contributed by atoms with Gasteiger partial charge < -0.3 is 5.11 Å². The van der Waals surface area contributed by atoms with Crippen LogP contribution in [0.1, 0.15) is 30.6 Å². The molecule has 0 unspecified atom stereocenters. The highest BCUT2D eigenvalue weighted by atomic mass is 32.1. The maximum absolute atomic E-state index is 13.0. The number of aromatic nitrogens is 3. The van der Waals surface area contributed by atoms with Crippen molar-refractivity contribution in [2.75, 3.05) is 0 Å². The van der Waals surface area contributed by atoms with Gasteiger partial charge in [-0.25, -0.2) is 9.97 Å². The first kappa shape index (κ1) is 15.8. The first-order valence-corrected chi connectivity index (χ1v) is 8.92. The Morgan fingerprint density at radius 2 is 1.92 bits per heavy atom. The van der Waals surface area contributed by atoms with E-state index in [4.69, 9.17) is 0 Å². The fraction of sp³-hybridized carbons (Fsp3) is 0.211. The molecule has 0 aliphatic heterocycles. The van der Waals surface area contributed by atoms with E-state index >= 15 is 0 Å². The number of hydrogen-bond donors (Lipinski definition) is 1. The molecule has 0 aliphatic carbocycles. The molecule has 25 heavy (non-hydrogen) atoms. The quantitative estimate of drug-likeness (QED) is 0.608. The van der Waals surface area contributed by atoms with Gasteiger partial charge in [-0.05, 0) is 24.3 Å². The Balaban J connectivity index is 1.90. The van der Waals surface area contributed by atoms with E-state index in [1.54, 1.807) is 22.0 Å². The van der Waals surface area contributed by atoms with Gasteiger partial charge in [0.15, 0.2) is 0 Å². The number of phenols is 1. The molecule has 0 spiro atoms. The lowest BCUT2D eigenvalue weighted by Gasteiger charge is -2.15. The van der Waals surface area contributed by atoms with E-state index < -0.39 is 0 Å². The lowest BCUT2D eigenvalue weighted by Crippen LogP contribution is -2.26. The van der Waals surface area contributed by atoms with Crippen LogP contribution in [0.5, 0.6) is 5.75 Å². The summed E-state index contributed by atoms with van der Waals surface area (Å²) in [5, 5.41) is 11.1. The van der Waals surface area contributed by atoms with Crippen molar-refractivity contribution in [1.82, 2.24) is 14.5 Å². The molecule has 0 radical (unpaired) electrons. The highest BCUT2D eigenvalue weighted by Gasteiger charge is 2.16. The predicted molar refractivity (Wildman–Crippen MR) is 100 cm³/mol. The maximum Gasteiger partial charge on any atom is 0.261 e. The molecule has 5 nitrogen and oxygen atoms in total. The molecule has 0 saturated carbocycles. The van der Waals surface area contributed by atoms with Crippen LogP contribution < -0.4 is 5.56 Å². The molecule has 0 amide bonds. The number of thiazole rings is 1. The minimum atomic E-state index is -0.104. The Morgan fingerprint density at radius 1 is 1.12 bits per heavy atom. The molecule has 0 saturated heterocycles. The molecule has 6 heteroatoms. The third-order valence-electron chi connectivity index (χ3n) is 4.12. The minimum Gasteiger partial charge on any atom is -0.508 e. The number of phenolic OH excluding ortho intramolecular Hbond substituents is 1. The van der Waals surface area contributed by atoms with Crippen LogP contribution >= 0.6 is 11.3 Å². The molecule has 4 rings (SSSR count). The zero-order valence-corrected chi connectivity index (χ0v) is 14.7. The van der Waals surface area contributed by atoms with Crippen molar-refractivity contribution < 1.29 is 5.11 Å². The fourth-order valence-corrected chi connectivity index (χ4v) is 3.90. The second-order valence-electron chi connectivity index (χ2n) is 6.29. The van der Waals surface area contributed by atoms with Gasteiger partial charge in [0.2, 0.25) is 0 Å². The Labute approximate surface area is 148 Å². The largest absolute Gasteiger partial charge is 0.508 e. The van der Waals surface area contributed by atoms with E-state index in [0.29, 0.717) is 23.3 Å². The summed E-state index contributed by atoms with van der Waals surface area (Å²) in [6, 6.07) is 12.6. The number of hydrogen-bond acceptors (Lipinski definition) is 5. The van der Waals surface area contributed by atoms with Gasteiger partial charge in [0.25, 0.3) is 5.56 Å². The molecule has 0 bridgehead atoms. The highest BCUT2D eigenvalue weighted by Crippen LogP contribution is 2.24. The van der Waals surface area contributed by atoms with E-state index in [2.05, 4.69) is 9.97 Å². The van der Waals surface area contributed by atoms with Crippen molar-refractivity contribution in [3.8, 4) is 5.75 Å². The summed E-state index contributed by atoms with van der Waals surface area (Å²) in [6.07, 6.45) is 0. The van der Waals surface area contributed by atoms with E-state index in [1.807, 2.05) is 38.1 Å². The molecule has 2 aromatic carbocycles. The molecule has 0 fully saturated rings. The molecular weight excluding hydrogens is 334 g/mol. The average Bonchev–Trinajstić information content (AvgIpc) is 2.99. The Morgan fingerprint density at radius 3 is 2.68 bits per heavy atom. The lowest BCUT2D eigenvalue weighted by molar-refractivity contribution is 0.476. The van der Waals surface area contributed by atoms with Crippen LogP contribution in [0.2, 0.25) is 0 Å². The van der Waals surface area contributed by atoms with Gasteiger partial charge in [-0.15, -0.1) is 11.3 Å². The summed E-state index contributed by atoms with van der Waals surface area (Å²) in [4.78, 5) is 22.3. The molecule has 4 aromatic rings. The summed E-state index contributed by atoms with van der Waals surface area (Å²) < 4.78 is 2.80. The van der Waals surface area contributed by atoms with E-state index in [9.17, 15) is 9.90 Å². The van der Waals surface area contributed by atoms with Crippen LogP contribution in [0.4, 0.5) is 0 Å². The normalized spacial score (nSPS) is 11.6. The molecule has 0 atom stereocenters. The van der Waals surface area contributed by atoms with Crippen LogP contribution in [0.3, 0.4) is 0 Å². The topological polar surface area (TPSA) is 68.0 Å². The van der Waals surface area contributed by atoms with Gasteiger partial charge in [-0.1, -0.05) is 26.0 Å².